The van der Waals surface area contributed by atoms with Gasteiger partial charge in [-0.1, -0.05) is 18.2 Å². The summed E-state index contributed by atoms with van der Waals surface area (Å²) in [5, 5.41) is 2.89. The van der Waals surface area contributed by atoms with Crippen molar-refractivity contribution in [3.8, 4) is 11.5 Å². The van der Waals surface area contributed by atoms with Gasteiger partial charge in [-0.3, -0.25) is 9.78 Å². The maximum Gasteiger partial charge on any atom is 0.265 e. The van der Waals surface area contributed by atoms with E-state index < -0.39 is 6.10 Å². The molecule has 0 radical (unpaired) electrons. The van der Waals surface area contributed by atoms with E-state index in [1.54, 1.807) is 12.3 Å². The second-order valence-corrected chi connectivity index (χ2v) is 4.85. The van der Waals surface area contributed by atoms with Crippen LogP contribution in [0.3, 0.4) is 0 Å². The molecular weight excluding hydrogens is 268 g/mol. The first-order valence-electron chi connectivity index (χ1n) is 6.84. The Bertz CT molecular complexity index is 630. The monoisotopic (exact) mass is 284 g/mol. The van der Waals surface area contributed by atoms with Crippen LogP contribution in [0.4, 0.5) is 0 Å². The molecule has 1 aliphatic heterocycles. The van der Waals surface area contributed by atoms with Gasteiger partial charge in [0, 0.05) is 6.20 Å². The van der Waals surface area contributed by atoms with Crippen LogP contribution in [0.2, 0.25) is 0 Å². The number of carbonyl (C=O) groups excluding carboxylic acids is 1. The van der Waals surface area contributed by atoms with Crippen LogP contribution in [0, 0.1) is 0 Å². The molecule has 1 aliphatic rings. The highest BCUT2D eigenvalue weighted by molar-refractivity contribution is 5.82. The van der Waals surface area contributed by atoms with Gasteiger partial charge in [0.1, 0.15) is 6.61 Å². The summed E-state index contributed by atoms with van der Waals surface area (Å²) in [5.41, 5.74) is 0.808. The molecule has 21 heavy (non-hydrogen) atoms. The molecule has 0 saturated heterocycles. The molecular formula is C16H16N2O3. The summed E-state index contributed by atoms with van der Waals surface area (Å²) in [4.78, 5) is 16.5. The summed E-state index contributed by atoms with van der Waals surface area (Å²) >= 11 is 0. The van der Waals surface area contributed by atoms with E-state index in [0.29, 0.717) is 11.5 Å². The lowest BCUT2D eigenvalue weighted by Gasteiger charge is -2.26. The second kappa shape index (κ2) is 5.83. The van der Waals surface area contributed by atoms with Gasteiger partial charge in [-0.15, -0.1) is 0 Å². The first-order chi connectivity index (χ1) is 10.2. The first kappa shape index (κ1) is 13.4. The summed E-state index contributed by atoms with van der Waals surface area (Å²) in [6.45, 7) is 2.09. The number of nitrogens with zero attached hydrogens (tertiary/aromatic N) is 1. The SMILES string of the molecule is C[C@H](NC(=O)[C@H]1COc2ccccc2O1)c1ccccn1. The van der Waals surface area contributed by atoms with Gasteiger partial charge >= 0.3 is 0 Å². The van der Waals surface area contributed by atoms with Crippen molar-refractivity contribution >= 4 is 5.91 Å². The van der Waals surface area contributed by atoms with Crippen LogP contribution in [-0.2, 0) is 4.79 Å². The van der Waals surface area contributed by atoms with E-state index in [0.717, 1.165) is 5.69 Å². The third-order valence-electron chi connectivity index (χ3n) is 3.29. The zero-order valence-corrected chi connectivity index (χ0v) is 11.7. The Morgan fingerprint density at radius 2 is 2.00 bits per heavy atom. The van der Waals surface area contributed by atoms with Gasteiger partial charge in [0.05, 0.1) is 11.7 Å². The fraction of sp³-hybridized carbons (Fsp3) is 0.250. The molecule has 3 rings (SSSR count). The van der Waals surface area contributed by atoms with Gasteiger partial charge in [0.15, 0.2) is 11.5 Å². The summed E-state index contributed by atoms with van der Waals surface area (Å²) < 4.78 is 11.2. The van der Waals surface area contributed by atoms with Crippen molar-refractivity contribution in [1.29, 1.82) is 0 Å². The number of benzene rings is 1. The summed E-state index contributed by atoms with van der Waals surface area (Å²) in [6, 6.07) is 12.7. The van der Waals surface area contributed by atoms with Gasteiger partial charge in [-0.05, 0) is 31.2 Å². The van der Waals surface area contributed by atoms with Crippen LogP contribution in [0.15, 0.2) is 48.7 Å². The van der Waals surface area contributed by atoms with Crippen molar-refractivity contribution in [2.24, 2.45) is 0 Å². The highest BCUT2D eigenvalue weighted by Gasteiger charge is 2.28. The molecule has 5 heteroatoms. The number of hydrogen-bond acceptors (Lipinski definition) is 4. The topological polar surface area (TPSA) is 60.5 Å². The maximum absolute atomic E-state index is 12.2. The summed E-state index contributed by atoms with van der Waals surface area (Å²) in [5.74, 6) is 1.05. The number of aromatic nitrogens is 1. The molecule has 1 aromatic heterocycles. The zero-order chi connectivity index (χ0) is 14.7. The van der Waals surface area contributed by atoms with Crippen molar-refractivity contribution < 1.29 is 14.3 Å². The third-order valence-corrected chi connectivity index (χ3v) is 3.29. The molecule has 0 bridgehead atoms. The first-order valence-corrected chi connectivity index (χ1v) is 6.84. The van der Waals surface area contributed by atoms with Crippen LogP contribution < -0.4 is 14.8 Å². The molecule has 0 unspecified atom stereocenters. The Balaban J connectivity index is 1.65. The van der Waals surface area contributed by atoms with Crippen LogP contribution >= 0.6 is 0 Å². The van der Waals surface area contributed by atoms with E-state index >= 15 is 0 Å². The quantitative estimate of drug-likeness (QED) is 0.937. The third kappa shape index (κ3) is 2.97. The van der Waals surface area contributed by atoms with Crippen molar-refractivity contribution in [2.75, 3.05) is 6.61 Å². The van der Waals surface area contributed by atoms with Crippen molar-refractivity contribution in [3.05, 3.63) is 54.4 Å². The summed E-state index contributed by atoms with van der Waals surface area (Å²) in [7, 11) is 0. The lowest BCUT2D eigenvalue weighted by atomic mass is 10.2. The van der Waals surface area contributed by atoms with E-state index in [-0.39, 0.29) is 18.6 Å². The van der Waals surface area contributed by atoms with E-state index in [1.165, 1.54) is 0 Å². The summed E-state index contributed by atoms with van der Waals surface area (Å²) in [6.07, 6.45) is 1.06. The predicted molar refractivity (Wildman–Crippen MR) is 77.1 cm³/mol. The molecule has 0 aliphatic carbocycles. The number of amides is 1. The van der Waals surface area contributed by atoms with Crippen molar-refractivity contribution in [2.45, 2.75) is 19.1 Å². The minimum Gasteiger partial charge on any atom is -0.485 e. The largest absolute Gasteiger partial charge is 0.485 e. The van der Waals surface area contributed by atoms with Crippen LogP contribution in [0.5, 0.6) is 11.5 Å². The lowest BCUT2D eigenvalue weighted by molar-refractivity contribution is -0.131. The Morgan fingerprint density at radius 3 is 2.76 bits per heavy atom. The molecule has 1 N–H and O–H groups in total. The van der Waals surface area contributed by atoms with Gasteiger partial charge in [-0.2, -0.15) is 0 Å². The lowest BCUT2D eigenvalue weighted by Crippen LogP contribution is -2.44. The van der Waals surface area contributed by atoms with E-state index in [1.807, 2.05) is 43.3 Å². The Labute approximate surface area is 122 Å². The minimum atomic E-state index is -0.647. The highest BCUT2D eigenvalue weighted by atomic mass is 16.6. The number of nitrogens with one attached hydrogen (secondary N) is 1. The molecule has 0 fully saturated rings. The molecule has 0 saturated carbocycles. The average Bonchev–Trinajstić information content (AvgIpc) is 2.55. The minimum absolute atomic E-state index is 0.181. The molecule has 2 aromatic rings. The van der Waals surface area contributed by atoms with Crippen LogP contribution in [-0.4, -0.2) is 23.6 Å². The number of hydrogen-bond donors (Lipinski definition) is 1. The molecule has 5 nitrogen and oxygen atoms in total. The second-order valence-electron chi connectivity index (χ2n) is 4.85. The number of fused-ring (bicyclic) bond motifs is 1. The molecule has 1 aromatic carbocycles. The zero-order valence-electron chi connectivity index (χ0n) is 11.7. The van der Waals surface area contributed by atoms with Gasteiger partial charge < -0.3 is 14.8 Å². The van der Waals surface area contributed by atoms with Crippen LogP contribution in [0.25, 0.3) is 0 Å². The Hall–Kier alpha value is -2.56. The van der Waals surface area contributed by atoms with E-state index in [9.17, 15) is 4.79 Å². The van der Waals surface area contributed by atoms with Crippen molar-refractivity contribution in [1.82, 2.24) is 10.3 Å². The van der Waals surface area contributed by atoms with Gasteiger partial charge in [-0.25, -0.2) is 0 Å². The van der Waals surface area contributed by atoms with Crippen molar-refractivity contribution in [3.63, 3.8) is 0 Å². The molecule has 1 amide bonds. The number of carbonyl (C=O) groups is 1. The normalized spacial score (nSPS) is 17.9. The number of para-hydroxylation sites is 2. The maximum atomic E-state index is 12.2. The number of rotatable bonds is 3. The average molecular weight is 284 g/mol. The standard InChI is InChI=1S/C16H16N2O3/c1-11(12-6-4-5-9-17-12)18-16(19)15-10-20-13-7-2-3-8-14(13)21-15/h2-9,11,15H,10H2,1H3,(H,18,19)/t11-,15+/m0/s1. The molecule has 2 heterocycles. The van der Waals surface area contributed by atoms with E-state index in [4.69, 9.17) is 9.47 Å². The highest BCUT2D eigenvalue weighted by Crippen LogP contribution is 2.30. The van der Waals surface area contributed by atoms with Gasteiger partial charge in [0.25, 0.3) is 5.91 Å². The fourth-order valence-corrected chi connectivity index (χ4v) is 2.16. The Kier molecular flexibility index (Phi) is 3.73. The number of ether oxygens (including phenoxy) is 2. The predicted octanol–water partition coefficient (Wildman–Crippen LogP) is 2.10. The molecule has 2 atom stereocenters. The number of pyridine rings is 1. The molecule has 0 spiro atoms. The van der Waals surface area contributed by atoms with E-state index in [2.05, 4.69) is 10.3 Å². The van der Waals surface area contributed by atoms with Gasteiger partial charge in [0.2, 0.25) is 6.10 Å². The molecule has 108 valence electrons. The fourth-order valence-electron chi connectivity index (χ4n) is 2.16. The van der Waals surface area contributed by atoms with Crippen LogP contribution in [0.1, 0.15) is 18.7 Å². The Morgan fingerprint density at radius 1 is 1.24 bits per heavy atom. The smallest absolute Gasteiger partial charge is 0.265 e.